The van der Waals surface area contributed by atoms with Gasteiger partial charge in [-0.15, -0.1) is 0 Å². The van der Waals surface area contributed by atoms with Crippen molar-refractivity contribution in [2.45, 2.75) is 51.9 Å². The summed E-state index contributed by atoms with van der Waals surface area (Å²) in [5.74, 6) is -0.337. The number of halogens is 3. The summed E-state index contributed by atoms with van der Waals surface area (Å²) in [6, 6.07) is 11.5. The molecule has 2 aromatic carbocycles. The molecule has 1 saturated heterocycles. The van der Waals surface area contributed by atoms with E-state index in [4.69, 9.17) is 0 Å². The van der Waals surface area contributed by atoms with Gasteiger partial charge in [-0.1, -0.05) is 12.1 Å². The van der Waals surface area contributed by atoms with Crippen LogP contribution in [0.5, 0.6) is 0 Å². The number of alkyl halides is 3. The van der Waals surface area contributed by atoms with E-state index in [9.17, 15) is 22.8 Å². The molecule has 0 unspecified atom stereocenters. The standard InChI is InChI=1S/C25H30F3N3O2/c1-24(2,3)30-23(33)19-11-13-31(14-12-19)16-17-5-4-6-21(15-17)29-22(32)18-7-9-20(10-8-18)25(26,27)28/h4-10,15,19H,11-14,16H2,1-3H3,(H,29,32)(H,30,33). The number of carbonyl (C=O) groups is 2. The average Bonchev–Trinajstić information content (AvgIpc) is 2.73. The van der Waals surface area contributed by atoms with E-state index in [0.29, 0.717) is 12.2 Å². The van der Waals surface area contributed by atoms with Crippen molar-refractivity contribution in [2.75, 3.05) is 18.4 Å². The Morgan fingerprint density at radius 3 is 2.21 bits per heavy atom. The highest BCUT2D eigenvalue weighted by Gasteiger charge is 2.30. The second-order valence-corrected chi connectivity index (χ2v) is 9.52. The van der Waals surface area contributed by atoms with Gasteiger partial charge in [-0.2, -0.15) is 13.2 Å². The Balaban J connectivity index is 1.54. The van der Waals surface area contributed by atoms with Crippen LogP contribution in [-0.2, 0) is 17.5 Å². The number of hydrogen-bond acceptors (Lipinski definition) is 3. The molecule has 2 aromatic rings. The summed E-state index contributed by atoms with van der Waals surface area (Å²) in [6.45, 7) is 8.24. The van der Waals surface area contributed by atoms with Gasteiger partial charge in [0.15, 0.2) is 0 Å². The third-order valence-corrected chi connectivity index (χ3v) is 5.52. The number of anilines is 1. The minimum Gasteiger partial charge on any atom is -0.351 e. The number of piperidine rings is 1. The molecule has 1 aliphatic heterocycles. The van der Waals surface area contributed by atoms with Gasteiger partial charge < -0.3 is 10.6 Å². The summed E-state index contributed by atoms with van der Waals surface area (Å²) in [5, 5.41) is 5.80. The monoisotopic (exact) mass is 461 g/mol. The van der Waals surface area contributed by atoms with Crippen molar-refractivity contribution < 1.29 is 22.8 Å². The lowest BCUT2D eigenvalue weighted by atomic mass is 9.94. The fraction of sp³-hybridized carbons (Fsp3) is 0.440. The third-order valence-electron chi connectivity index (χ3n) is 5.52. The zero-order valence-electron chi connectivity index (χ0n) is 19.1. The van der Waals surface area contributed by atoms with E-state index in [1.165, 1.54) is 12.1 Å². The van der Waals surface area contributed by atoms with E-state index >= 15 is 0 Å². The number of likely N-dealkylation sites (tertiary alicyclic amines) is 1. The molecule has 8 heteroatoms. The highest BCUT2D eigenvalue weighted by atomic mass is 19.4. The normalized spacial score (nSPS) is 15.8. The van der Waals surface area contributed by atoms with Gasteiger partial charge >= 0.3 is 6.18 Å². The van der Waals surface area contributed by atoms with Crippen molar-refractivity contribution in [3.63, 3.8) is 0 Å². The van der Waals surface area contributed by atoms with Crippen LogP contribution in [0.2, 0.25) is 0 Å². The number of carbonyl (C=O) groups excluding carboxylic acids is 2. The minimum atomic E-state index is -4.44. The van der Waals surface area contributed by atoms with Gasteiger partial charge in [0.1, 0.15) is 0 Å². The zero-order valence-corrected chi connectivity index (χ0v) is 19.1. The zero-order chi connectivity index (χ0) is 24.2. The molecule has 33 heavy (non-hydrogen) atoms. The van der Waals surface area contributed by atoms with Gasteiger partial charge in [0.25, 0.3) is 5.91 Å². The second-order valence-electron chi connectivity index (χ2n) is 9.52. The lowest BCUT2D eigenvalue weighted by molar-refractivity contribution is -0.137. The van der Waals surface area contributed by atoms with Crippen LogP contribution in [0, 0.1) is 5.92 Å². The first-order valence-corrected chi connectivity index (χ1v) is 11.0. The molecule has 0 radical (unpaired) electrons. The van der Waals surface area contributed by atoms with E-state index in [1.807, 2.05) is 39.0 Å². The summed E-state index contributed by atoms with van der Waals surface area (Å²) in [7, 11) is 0. The predicted molar refractivity (Wildman–Crippen MR) is 122 cm³/mol. The lowest BCUT2D eigenvalue weighted by Gasteiger charge is -2.33. The fourth-order valence-electron chi connectivity index (χ4n) is 3.84. The molecule has 0 saturated carbocycles. The summed E-state index contributed by atoms with van der Waals surface area (Å²) >= 11 is 0. The van der Waals surface area contributed by atoms with Crippen molar-refractivity contribution in [3.8, 4) is 0 Å². The summed E-state index contributed by atoms with van der Waals surface area (Å²) in [6.07, 6.45) is -2.84. The Bertz CT molecular complexity index is 974. The Hall–Kier alpha value is -2.87. The van der Waals surface area contributed by atoms with Gasteiger partial charge in [0, 0.05) is 29.3 Å². The smallest absolute Gasteiger partial charge is 0.351 e. The maximum absolute atomic E-state index is 12.7. The van der Waals surface area contributed by atoms with Crippen LogP contribution < -0.4 is 10.6 Å². The summed E-state index contributed by atoms with van der Waals surface area (Å²) in [4.78, 5) is 27.1. The molecule has 1 heterocycles. The number of hydrogen-bond donors (Lipinski definition) is 2. The Morgan fingerprint density at radius 1 is 1.00 bits per heavy atom. The fourth-order valence-corrected chi connectivity index (χ4v) is 3.84. The van der Waals surface area contributed by atoms with Gasteiger partial charge in [0.05, 0.1) is 5.56 Å². The topological polar surface area (TPSA) is 61.4 Å². The van der Waals surface area contributed by atoms with Crippen LogP contribution in [0.4, 0.5) is 18.9 Å². The number of amides is 2. The number of nitrogens with one attached hydrogen (secondary N) is 2. The Morgan fingerprint density at radius 2 is 1.64 bits per heavy atom. The molecule has 2 amide bonds. The van der Waals surface area contributed by atoms with Gasteiger partial charge in [-0.3, -0.25) is 14.5 Å². The number of rotatable bonds is 5. The predicted octanol–water partition coefficient (Wildman–Crippen LogP) is 5.08. The van der Waals surface area contributed by atoms with E-state index in [1.54, 1.807) is 6.07 Å². The Labute approximate surface area is 192 Å². The molecule has 0 aliphatic carbocycles. The molecule has 3 rings (SSSR count). The second kappa shape index (κ2) is 9.95. The summed E-state index contributed by atoms with van der Waals surface area (Å²) < 4.78 is 38.1. The van der Waals surface area contributed by atoms with Crippen LogP contribution in [0.25, 0.3) is 0 Å². The first-order valence-electron chi connectivity index (χ1n) is 11.0. The molecule has 1 fully saturated rings. The quantitative estimate of drug-likeness (QED) is 0.653. The molecular formula is C25H30F3N3O2. The molecule has 0 bridgehead atoms. The van der Waals surface area contributed by atoms with E-state index in [0.717, 1.165) is 43.6 Å². The van der Waals surface area contributed by atoms with Crippen LogP contribution in [0.3, 0.4) is 0 Å². The van der Waals surface area contributed by atoms with Crippen molar-refractivity contribution in [3.05, 3.63) is 65.2 Å². The van der Waals surface area contributed by atoms with Crippen LogP contribution >= 0.6 is 0 Å². The number of nitrogens with zero attached hydrogens (tertiary/aromatic N) is 1. The maximum Gasteiger partial charge on any atom is 0.416 e. The molecule has 178 valence electrons. The Kier molecular flexibility index (Phi) is 7.47. The highest BCUT2D eigenvalue weighted by Crippen LogP contribution is 2.29. The minimum absolute atomic E-state index is 0.0230. The molecule has 2 N–H and O–H groups in total. The SMILES string of the molecule is CC(C)(C)NC(=O)C1CCN(Cc2cccc(NC(=O)c3ccc(C(F)(F)F)cc3)c2)CC1. The van der Waals surface area contributed by atoms with E-state index in [-0.39, 0.29) is 22.9 Å². The van der Waals surface area contributed by atoms with Crippen molar-refractivity contribution in [2.24, 2.45) is 5.92 Å². The van der Waals surface area contributed by atoms with E-state index < -0.39 is 17.6 Å². The van der Waals surface area contributed by atoms with Gasteiger partial charge in [-0.25, -0.2) is 0 Å². The first-order chi connectivity index (χ1) is 15.4. The van der Waals surface area contributed by atoms with Gasteiger partial charge in [-0.05, 0) is 88.7 Å². The van der Waals surface area contributed by atoms with Crippen molar-refractivity contribution >= 4 is 17.5 Å². The number of benzene rings is 2. The van der Waals surface area contributed by atoms with E-state index in [2.05, 4.69) is 15.5 Å². The highest BCUT2D eigenvalue weighted by molar-refractivity contribution is 6.04. The third kappa shape index (κ3) is 7.32. The summed E-state index contributed by atoms with van der Waals surface area (Å²) in [5.41, 5.74) is 0.721. The molecule has 0 spiro atoms. The van der Waals surface area contributed by atoms with Crippen LogP contribution in [0.15, 0.2) is 48.5 Å². The van der Waals surface area contributed by atoms with Gasteiger partial charge in [0.2, 0.25) is 5.91 Å². The first kappa shape index (κ1) is 24.8. The molecule has 1 aliphatic rings. The molecule has 0 aromatic heterocycles. The van der Waals surface area contributed by atoms with Crippen LogP contribution in [0.1, 0.15) is 55.1 Å². The van der Waals surface area contributed by atoms with Crippen molar-refractivity contribution in [1.29, 1.82) is 0 Å². The lowest BCUT2D eigenvalue weighted by Crippen LogP contribution is -2.46. The molecule has 0 atom stereocenters. The van der Waals surface area contributed by atoms with Crippen LogP contribution in [-0.4, -0.2) is 35.3 Å². The maximum atomic E-state index is 12.7. The van der Waals surface area contributed by atoms with Crippen molar-refractivity contribution in [1.82, 2.24) is 10.2 Å². The average molecular weight is 462 g/mol. The largest absolute Gasteiger partial charge is 0.416 e. The molecule has 5 nitrogen and oxygen atoms in total. The molecular weight excluding hydrogens is 431 g/mol.